The van der Waals surface area contributed by atoms with E-state index in [4.69, 9.17) is 16.3 Å². The van der Waals surface area contributed by atoms with E-state index in [0.717, 1.165) is 40.4 Å². The van der Waals surface area contributed by atoms with Gasteiger partial charge in [-0.15, -0.1) is 11.6 Å². The SMILES string of the molecule is CCOC(=O)c1c(C)c(CCBr)c(C)c(CCCCl)c1O. The van der Waals surface area contributed by atoms with Gasteiger partial charge >= 0.3 is 5.97 Å². The maximum Gasteiger partial charge on any atom is 0.342 e. The number of phenolic OH excluding ortho intramolecular Hbond substituents is 1. The molecule has 0 atom stereocenters. The van der Waals surface area contributed by atoms with Crippen LogP contribution in [-0.4, -0.2) is 28.9 Å². The molecule has 0 aliphatic heterocycles. The van der Waals surface area contributed by atoms with Crippen LogP contribution in [0.15, 0.2) is 0 Å². The van der Waals surface area contributed by atoms with Gasteiger partial charge in [-0.25, -0.2) is 4.79 Å². The van der Waals surface area contributed by atoms with E-state index in [0.29, 0.717) is 17.9 Å². The lowest BCUT2D eigenvalue weighted by Crippen LogP contribution is -2.13. The number of alkyl halides is 2. The van der Waals surface area contributed by atoms with Crippen molar-refractivity contribution in [2.75, 3.05) is 17.8 Å². The molecular weight excluding hydrogens is 356 g/mol. The number of halogens is 2. The third-order valence-corrected chi connectivity index (χ3v) is 4.30. The molecule has 0 heterocycles. The van der Waals surface area contributed by atoms with Gasteiger partial charge in [0.25, 0.3) is 0 Å². The number of hydrogen-bond donors (Lipinski definition) is 1. The molecule has 0 aliphatic rings. The summed E-state index contributed by atoms with van der Waals surface area (Å²) < 4.78 is 5.09. The number of carbonyl (C=O) groups is 1. The highest BCUT2D eigenvalue weighted by molar-refractivity contribution is 9.09. The summed E-state index contributed by atoms with van der Waals surface area (Å²) in [4.78, 5) is 12.2. The molecule has 118 valence electrons. The summed E-state index contributed by atoms with van der Waals surface area (Å²) in [7, 11) is 0. The summed E-state index contributed by atoms with van der Waals surface area (Å²) in [5, 5.41) is 11.3. The van der Waals surface area contributed by atoms with E-state index in [-0.39, 0.29) is 12.4 Å². The Hall–Kier alpha value is -0.740. The highest BCUT2D eigenvalue weighted by Crippen LogP contribution is 2.34. The third kappa shape index (κ3) is 4.13. The molecule has 3 nitrogen and oxygen atoms in total. The Balaban J connectivity index is 3.47. The van der Waals surface area contributed by atoms with Gasteiger partial charge in [0.2, 0.25) is 0 Å². The Kier molecular flexibility index (Phi) is 7.53. The molecule has 0 radical (unpaired) electrons. The van der Waals surface area contributed by atoms with Crippen LogP contribution in [0.3, 0.4) is 0 Å². The fraction of sp³-hybridized carbons (Fsp3) is 0.562. The molecule has 5 heteroatoms. The molecule has 1 N–H and O–H groups in total. The molecule has 0 unspecified atom stereocenters. The fourth-order valence-corrected chi connectivity index (χ4v) is 3.12. The zero-order chi connectivity index (χ0) is 16.0. The van der Waals surface area contributed by atoms with Gasteiger partial charge in [-0.1, -0.05) is 15.9 Å². The zero-order valence-electron chi connectivity index (χ0n) is 12.8. The molecule has 0 aliphatic carbocycles. The topological polar surface area (TPSA) is 46.5 Å². The van der Waals surface area contributed by atoms with Crippen molar-refractivity contribution in [3.8, 4) is 5.75 Å². The van der Waals surface area contributed by atoms with Gasteiger partial charge in [0.15, 0.2) is 0 Å². The zero-order valence-corrected chi connectivity index (χ0v) is 15.1. The average Bonchev–Trinajstić information content (AvgIpc) is 2.44. The van der Waals surface area contributed by atoms with Crippen LogP contribution in [0.2, 0.25) is 0 Å². The lowest BCUT2D eigenvalue weighted by atomic mass is 9.88. The van der Waals surface area contributed by atoms with Gasteiger partial charge in [0.05, 0.1) is 6.61 Å². The lowest BCUT2D eigenvalue weighted by molar-refractivity contribution is 0.0522. The van der Waals surface area contributed by atoms with Crippen molar-refractivity contribution in [3.05, 3.63) is 27.8 Å². The second-order valence-electron chi connectivity index (χ2n) is 4.88. The average molecular weight is 378 g/mol. The van der Waals surface area contributed by atoms with Crippen molar-refractivity contribution >= 4 is 33.5 Å². The monoisotopic (exact) mass is 376 g/mol. The molecule has 0 fully saturated rings. The minimum absolute atomic E-state index is 0.0480. The Morgan fingerprint density at radius 3 is 2.43 bits per heavy atom. The molecule has 0 aromatic heterocycles. The van der Waals surface area contributed by atoms with E-state index in [1.54, 1.807) is 6.92 Å². The van der Waals surface area contributed by atoms with Crippen molar-refractivity contribution in [1.29, 1.82) is 0 Å². The number of hydrogen-bond acceptors (Lipinski definition) is 3. The van der Waals surface area contributed by atoms with Crippen molar-refractivity contribution in [2.24, 2.45) is 0 Å². The number of aromatic hydroxyl groups is 1. The predicted octanol–water partition coefficient (Wildman–Crippen LogP) is 4.29. The molecule has 1 rings (SSSR count). The lowest BCUT2D eigenvalue weighted by Gasteiger charge is -2.19. The highest BCUT2D eigenvalue weighted by Gasteiger charge is 2.24. The summed E-state index contributed by atoms with van der Waals surface area (Å²) >= 11 is 9.20. The Labute approximate surface area is 139 Å². The van der Waals surface area contributed by atoms with Crippen LogP contribution < -0.4 is 0 Å². The second kappa shape index (κ2) is 8.64. The standard InChI is InChI=1S/C16H22BrClO3/c1-4-21-16(20)14-11(3)12(7-8-17)10(2)13(15(14)19)6-5-9-18/h19H,4-9H2,1-3H3. The van der Waals surface area contributed by atoms with Gasteiger partial charge in [-0.05, 0) is 62.3 Å². The van der Waals surface area contributed by atoms with E-state index < -0.39 is 5.97 Å². The molecule has 0 saturated carbocycles. The number of phenols is 1. The smallest absolute Gasteiger partial charge is 0.342 e. The summed E-state index contributed by atoms with van der Waals surface area (Å²) in [5.41, 5.74) is 4.04. The predicted molar refractivity (Wildman–Crippen MR) is 90.1 cm³/mol. The van der Waals surface area contributed by atoms with E-state index >= 15 is 0 Å². The largest absolute Gasteiger partial charge is 0.507 e. The quantitative estimate of drug-likeness (QED) is 0.569. The number of ether oxygens (including phenoxy) is 1. The van der Waals surface area contributed by atoms with Crippen LogP contribution in [0.1, 0.15) is 46.0 Å². The van der Waals surface area contributed by atoms with Gasteiger partial charge in [-0.2, -0.15) is 0 Å². The summed E-state index contributed by atoms with van der Waals surface area (Å²) in [6.07, 6.45) is 2.22. The van der Waals surface area contributed by atoms with Gasteiger partial charge in [-0.3, -0.25) is 0 Å². The number of esters is 1. The van der Waals surface area contributed by atoms with Crippen LogP contribution in [0, 0.1) is 13.8 Å². The summed E-state index contributed by atoms with van der Waals surface area (Å²) in [6.45, 7) is 5.90. The van der Waals surface area contributed by atoms with Crippen LogP contribution in [0.5, 0.6) is 5.75 Å². The van der Waals surface area contributed by atoms with Crippen molar-refractivity contribution in [1.82, 2.24) is 0 Å². The van der Waals surface area contributed by atoms with E-state index in [1.807, 2.05) is 13.8 Å². The van der Waals surface area contributed by atoms with Gasteiger partial charge < -0.3 is 9.84 Å². The van der Waals surface area contributed by atoms with Crippen molar-refractivity contribution in [2.45, 2.75) is 40.0 Å². The van der Waals surface area contributed by atoms with Crippen molar-refractivity contribution < 1.29 is 14.6 Å². The third-order valence-electron chi connectivity index (χ3n) is 3.64. The summed E-state index contributed by atoms with van der Waals surface area (Å²) in [5.74, 6) is 0.109. The highest BCUT2D eigenvalue weighted by atomic mass is 79.9. The van der Waals surface area contributed by atoms with E-state index in [2.05, 4.69) is 15.9 Å². The van der Waals surface area contributed by atoms with E-state index in [9.17, 15) is 9.90 Å². The number of carbonyl (C=O) groups excluding carboxylic acids is 1. The fourth-order valence-electron chi connectivity index (χ4n) is 2.59. The first kappa shape index (κ1) is 18.3. The molecule has 21 heavy (non-hydrogen) atoms. The van der Waals surface area contributed by atoms with E-state index in [1.165, 1.54) is 0 Å². The van der Waals surface area contributed by atoms with Crippen LogP contribution >= 0.6 is 27.5 Å². The first-order valence-electron chi connectivity index (χ1n) is 7.12. The molecule has 0 spiro atoms. The Morgan fingerprint density at radius 2 is 1.90 bits per heavy atom. The molecule has 1 aromatic rings. The molecule has 1 aromatic carbocycles. The molecule has 0 saturated heterocycles. The summed E-state index contributed by atoms with van der Waals surface area (Å²) in [6, 6.07) is 0. The molecule has 0 amide bonds. The number of rotatable bonds is 7. The minimum atomic E-state index is -0.463. The van der Waals surface area contributed by atoms with Crippen LogP contribution in [-0.2, 0) is 17.6 Å². The maximum atomic E-state index is 12.2. The second-order valence-corrected chi connectivity index (χ2v) is 6.05. The Morgan fingerprint density at radius 1 is 1.24 bits per heavy atom. The first-order valence-corrected chi connectivity index (χ1v) is 8.78. The minimum Gasteiger partial charge on any atom is -0.507 e. The van der Waals surface area contributed by atoms with Crippen molar-refractivity contribution in [3.63, 3.8) is 0 Å². The normalized spacial score (nSPS) is 10.7. The maximum absolute atomic E-state index is 12.2. The van der Waals surface area contributed by atoms with Crippen LogP contribution in [0.25, 0.3) is 0 Å². The Bertz CT molecular complexity index is 515. The molecular formula is C16H22BrClO3. The van der Waals surface area contributed by atoms with Gasteiger partial charge in [0.1, 0.15) is 11.3 Å². The van der Waals surface area contributed by atoms with Crippen LogP contribution in [0.4, 0.5) is 0 Å². The number of benzene rings is 1. The first-order chi connectivity index (χ1) is 9.99. The van der Waals surface area contributed by atoms with Gasteiger partial charge in [0, 0.05) is 11.2 Å². The molecule has 0 bridgehead atoms.